The van der Waals surface area contributed by atoms with Crippen LogP contribution in [0.4, 0.5) is 4.79 Å². The maximum absolute atomic E-state index is 12.1. The fraction of sp³-hybridized carbons (Fsp3) is 0.846. The number of esters is 1. The van der Waals surface area contributed by atoms with Crippen LogP contribution in [0.2, 0.25) is 0 Å². The summed E-state index contributed by atoms with van der Waals surface area (Å²) in [5.74, 6) is 0.471. The summed E-state index contributed by atoms with van der Waals surface area (Å²) in [4.78, 5) is 25.8. The normalized spacial score (nSPS) is 40.8. The number of nitrogens with zero attached hydrogens (tertiary/aromatic N) is 1. The van der Waals surface area contributed by atoms with Crippen molar-refractivity contribution in [3.05, 3.63) is 0 Å². The maximum atomic E-state index is 12.1. The first-order valence-electron chi connectivity index (χ1n) is 6.62. The molecule has 2 aliphatic carbocycles. The molecule has 3 rings (SSSR count). The van der Waals surface area contributed by atoms with Crippen LogP contribution in [0.1, 0.15) is 32.1 Å². The van der Waals surface area contributed by atoms with Gasteiger partial charge in [0, 0.05) is 12.0 Å². The number of likely N-dealkylation sites (tertiary alicyclic amines) is 1. The largest absolute Gasteiger partial charge is 0.467 e. The number of carbonyl (C=O) groups excluding carboxylic acids is 2. The molecular formula is C13H19NO4. The van der Waals surface area contributed by atoms with Gasteiger partial charge in [0.25, 0.3) is 0 Å². The summed E-state index contributed by atoms with van der Waals surface area (Å²) < 4.78 is 9.80. The van der Waals surface area contributed by atoms with Crippen LogP contribution in [0, 0.1) is 11.8 Å². The van der Waals surface area contributed by atoms with Crippen LogP contribution >= 0.6 is 0 Å². The van der Waals surface area contributed by atoms with Gasteiger partial charge in [0.05, 0.1) is 14.2 Å². The van der Waals surface area contributed by atoms with Crippen LogP contribution in [0.3, 0.4) is 0 Å². The molecule has 4 unspecified atom stereocenters. The summed E-state index contributed by atoms with van der Waals surface area (Å²) in [6.45, 7) is 0. The standard InChI is InChI=1S/C13H19NO4/c1-17-11(15)13-7-9(13)8-5-3-4-6-10(8)14(13)12(16)18-2/h8-10H,3-7H2,1-2H3. The van der Waals surface area contributed by atoms with Gasteiger partial charge in [-0.15, -0.1) is 0 Å². The average molecular weight is 253 g/mol. The van der Waals surface area contributed by atoms with E-state index in [1.54, 1.807) is 4.90 Å². The van der Waals surface area contributed by atoms with E-state index in [2.05, 4.69) is 0 Å². The Balaban J connectivity index is 1.95. The van der Waals surface area contributed by atoms with Crippen LogP contribution in [0.25, 0.3) is 0 Å². The number of amides is 1. The van der Waals surface area contributed by atoms with Crippen molar-refractivity contribution in [2.75, 3.05) is 14.2 Å². The zero-order valence-corrected chi connectivity index (χ0v) is 10.8. The first-order valence-corrected chi connectivity index (χ1v) is 6.62. The fourth-order valence-corrected chi connectivity index (χ4v) is 4.19. The van der Waals surface area contributed by atoms with Crippen molar-refractivity contribution in [2.24, 2.45) is 11.8 Å². The highest BCUT2D eigenvalue weighted by molar-refractivity contribution is 5.91. The lowest BCUT2D eigenvalue weighted by Gasteiger charge is -2.36. The van der Waals surface area contributed by atoms with Crippen molar-refractivity contribution in [3.8, 4) is 0 Å². The highest BCUT2D eigenvalue weighted by atomic mass is 16.6. The van der Waals surface area contributed by atoms with E-state index in [9.17, 15) is 9.59 Å². The maximum Gasteiger partial charge on any atom is 0.410 e. The Morgan fingerprint density at radius 3 is 2.56 bits per heavy atom. The molecule has 0 aromatic rings. The van der Waals surface area contributed by atoms with Gasteiger partial charge in [-0.25, -0.2) is 9.59 Å². The molecule has 5 nitrogen and oxygen atoms in total. The number of piperidine rings is 1. The number of carbonyl (C=O) groups is 2. The molecule has 3 aliphatic rings. The van der Waals surface area contributed by atoms with E-state index < -0.39 is 5.54 Å². The second kappa shape index (κ2) is 3.87. The summed E-state index contributed by atoms with van der Waals surface area (Å²) in [5.41, 5.74) is -0.707. The second-order valence-corrected chi connectivity index (χ2v) is 5.58. The molecule has 0 aromatic heterocycles. The molecule has 18 heavy (non-hydrogen) atoms. The van der Waals surface area contributed by atoms with Crippen LogP contribution in [0.15, 0.2) is 0 Å². The quantitative estimate of drug-likeness (QED) is 0.665. The lowest BCUT2D eigenvalue weighted by Crippen LogP contribution is -2.51. The summed E-state index contributed by atoms with van der Waals surface area (Å²) in [5, 5.41) is 0. The first kappa shape index (κ1) is 11.8. The summed E-state index contributed by atoms with van der Waals surface area (Å²) in [6.07, 6.45) is 4.78. The Kier molecular flexibility index (Phi) is 2.54. The zero-order valence-electron chi connectivity index (χ0n) is 10.8. The third-order valence-corrected chi connectivity index (χ3v) is 4.95. The highest BCUT2D eigenvalue weighted by Gasteiger charge is 2.76. The Labute approximate surface area is 106 Å². The van der Waals surface area contributed by atoms with Crippen LogP contribution < -0.4 is 0 Å². The SMILES string of the molecule is COC(=O)N1C2CCCCC2C2CC21C(=O)OC. The molecule has 0 bridgehead atoms. The summed E-state index contributed by atoms with van der Waals surface area (Å²) >= 11 is 0. The van der Waals surface area contributed by atoms with Gasteiger partial charge in [-0.2, -0.15) is 0 Å². The Morgan fingerprint density at radius 1 is 1.17 bits per heavy atom. The lowest BCUT2D eigenvalue weighted by atomic mass is 9.83. The van der Waals surface area contributed by atoms with Gasteiger partial charge in [0.2, 0.25) is 0 Å². The summed E-state index contributed by atoms with van der Waals surface area (Å²) in [6, 6.07) is 0.170. The summed E-state index contributed by atoms with van der Waals surface area (Å²) in [7, 11) is 2.77. The van der Waals surface area contributed by atoms with E-state index in [0.717, 1.165) is 25.7 Å². The van der Waals surface area contributed by atoms with Crippen molar-refractivity contribution in [3.63, 3.8) is 0 Å². The lowest BCUT2D eigenvalue weighted by molar-refractivity contribution is -0.148. The van der Waals surface area contributed by atoms with Crippen molar-refractivity contribution >= 4 is 12.1 Å². The van der Waals surface area contributed by atoms with E-state index in [4.69, 9.17) is 9.47 Å². The highest BCUT2D eigenvalue weighted by Crippen LogP contribution is 2.64. The van der Waals surface area contributed by atoms with Gasteiger partial charge in [0.1, 0.15) is 5.54 Å². The Hall–Kier alpha value is -1.26. The molecule has 0 radical (unpaired) electrons. The average Bonchev–Trinajstić information content (AvgIpc) is 3.09. The molecule has 1 aliphatic heterocycles. The van der Waals surface area contributed by atoms with Gasteiger partial charge < -0.3 is 9.47 Å². The molecule has 100 valence electrons. The predicted octanol–water partition coefficient (Wildman–Crippen LogP) is 1.56. The van der Waals surface area contributed by atoms with Crippen molar-refractivity contribution in [1.29, 1.82) is 0 Å². The van der Waals surface area contributed by atoms with E-state index in [1.807, 2.05) is 0 Å². The third kappa shape index (κ3) is 1.27. The Morgan fingerprint density at radius 2 is 1.89 bits per heavy atom. The van der Waals surface area contributed by atoms with Crippen LogP contribution in [-0.2, 0) is 14.3 Å². The van der Waals surface area contributed by atoms with Gasteiger partial charge in [-0.05, 0) is 25.2 Å². The molecule has 0 N–H and O–H groups in total. The molecule has 2 saturated carbocycles. The molecule has 0 spiro atoms. The number of methoxy groups -OCH3 is 2. The van der Waals surface area contributed by atoms with E-state index >= 15 is 0 Å². The minimum absolute atomic E-state index is 0.170. The zero-order chi connectivity index (χ0) is 12.9. The van der Waals surface area contributed by atoms with Crippen molar-refractivity contribution in [2.45, 2.75) is 43.7 Å². The smallest absolute Gasteiger partial charge is 0.410 e. The number of rotatable bonds is 1. The van der Waals surface area contributed by atoms with Crippen molar-refractivity contribution in [1.82, 2.24) is 4.90 Å². The minimum atomic E-state index is -0.707. The Bertz CT molecular complexity index is 396. The van der Waals surface area contributed by atoms with Gasteiger partial charge in [-0.3, -0.25) is 4.90 Å². The second-order valence-electron chi connectivity index (χ2n) is 5.58. The predicted molar refractivity (Wildman–Crippen MR) is 62.8 cm³/mol. The van der Waals surface area contributed by atoms with Crippen LogP contribution in [0.5, 0.6) is 0 Å². The molecule has 1 amide bonds. The molecule has 0 aromatic carbocycles. The number of ether oxygens (including phenoxy) is 2. The van der Waals surface area contributed by atoms with Gasteiger partial charge in [-0.1, -0.05) is 12.8 Å². The van der Waals surface area contributed by atoms with Crippen molar-refractivity contribution < 1.29 is 19.1 Å². The van der Waals surface area contributed by atoms with Gasteiger partial charge >= 0.3 is 12.1 Å². The number of hydrogen-bond acceptors (Lipinski definition) is 4. The minimum Gasteiger partial charge on any atom is -0.467 e. The molecule has 1 heterocycles. The van der Waals surface area contributed by atoms with E-state index in [0.29, 0.717) is 5.92 Å². The molecule has 5 heteroatoms. The fourth-order valence-electron chi connectivity index (χ4n) is 4.19. The van der Waals surface area contributed by atoms with E-state index in [-0.39, 0.29) is 24.0 Å². The van der Waals surface area contributed by atoms with E-state index in [1.165, 1.54) is 20.6 Å². The van der Waals surface area contributed by atoms with Crippen LogP contribution in [-0.4, -0.2) is 42.8 Å². The molecular weight excluding hydrogens is 234 g/mol. The first-order chi connectivity index (χ1) is 8.66. The molecule has 3 fully saturated rings. The molecule has 1 saturated heterocycles. The monoisotopic (exact) mass is 253 g/mol. The topological polar surface area (TPSA) is 55.8 Å². The number of fused-ring (bicyclic) bond motifs is 3. The molecule has 4 atom stereocenters. The third-order valence-electron chi connectivity index (χ3n) is 4.95. The number of hydrogen-bond donors (Lipinski definition) is 0. The van der Waals surface area contributed by atoms with Gasteiger partial charge in [0.15, 0.2) is 0 Å².